The summed E-state index contributed by atoms with van der Waals surface area (Å²) < 4.78 is 0. The van der Waals surface area contributed by atoms with Gasteiger partial charge in [-0.25, -0.2) is 4.98 Å². The minimum atomic E-state index is -0.182. The number of aromatic amines is 2. The van der Waals surface area contributed by atoms with E-state index >= 15 is 0 Å². The molecule has 2 N–H and O–H groups in total. The third-order valence-electron chi connectivity index (χ3n) is 3.45. The smallest absolute Gasteiger partial charge is 0.274 e. The van der Waals surface area contributed by atoms with E-state index in [9.17, 15) is 4.79 Å². The van der Waals surface area contributed by atoms with Crippen LogP contribution in [0.4, 0.5) is 0 Å². The van der Waals surface area contributed by atoms with Gasteiger partial charge in [-0.05, 0) is 17.5 Å². The summed E-state index contributed by atoms with van der Waals surface area (Å²) in [7, 11) is 0. The number of aromatic nitrogens is 3. The molecule has 0 atom stereocenters. The predicted octanol–water partition coefficient (Wildman–Crippen LogP) is 3.65. The lowest BCUT2D eigenvalue weighted by Crippen LogP contribution is -2.11. The largest absolute Gasteiger partial charge is 0.360 e. The van der Waals surface area contributed by atoms with Crippen LogP contribution in [0.25, 0.3) is 33.4 Å². The van der Waals surface area contributed by atoms with Crippen LogP contribution >= 0.6 is 11.3 Å². The fourth-order valence-corrected chi connectivity index (χ4v) is 3.06. The van der Waals surface area contributed by atoms with Crippen LogP contribution in [-0.4, -0.2) is 15.0 Å². The van der Waals surface area contributed by atoms with Gasteiger partial charge in [0.2, 0.25) is 0 Å². The molecular formula is C16H11N3OS. The molecule has 3 heterocycles. The van der Waals surface area contributed by atoms with E-state index in [-0.39, 0.29) is 5.56 Å². The molecule has 0 aliphatic carbocycles. The summed E-state index contributed by atoms with van der Waals surface area (Å²) in [5, 5.41) is 5.01. The number of thiophene rings is 1. The van der Waals surface area contributed by atoms with Crippen molar-refractivity contribution in [1.29, 1.82) is 0 Å². The summed E-state index contributed by atoms with van der Waals surface area (Å²) in [5.74, 6) is 0. The Kier molecular flexibility index (Phi) is 2.72. The molecule has 0 amide bonds. The highest BCUT2D eigenvalue weighted by Gasteiger charge is 2.12. The molecule has 1 aromatic carbocycles. The number of fused-ring (bicyclic) bond motifs is 1. The molecule has 3 aromatic heterocycles. The average Bonchev–Trinajstić information content (AvgIpc) is 3.17. The Hall–Kier alpha value is -2.66. The van der Waals surface area contributed by atoms with E-state index in [2.05, 4.69) is 15.0 Å². The molecular weight excluding hydrogens is 282 g/mol. The molecule has 0 aliphatic rings. The first-order valence-corrected chi connectivity index (χ1v) is 7.46. The van der Waals surface area contributed by atoms with Crippen LogP contribution in [0, 0.1) is 0 Å². The molecule has 5 heteroatoms. The van der Waals surface area contributed by atoms with Gasteiger partial charge in [0.15, 0.2) is 0 Å². The van der Waals surface area contributed by atoms with Gasteiger partial charge < -0.3 is 9.97 Å². The molecule has 0 radical (unpaired) electrons. The van der Waals surface area contributed by atoms with Gasteiger partial charge in [-0.3, -0.25) is 4.79 Å². The number of nitrogens with zero attached hydrogens (tertiary/aromatic N) is 1. The summed E-state index contributed by atoms with van der Waals surface area (Å²) in [6.45, 7) is 0. The molecule has 4 aromatic rings. The highest BCUT2D eigenvalue weighted by atomic mass is 32.1. The Morgan fingerprint density at radius 2 is 1.95 bits per heavy atom. The van der Waals surface area contributed by atoms with Crippen molar-refractivity contribution in [2.45, 2.75) is 0 Å². The molecule has 4 nitrogen and oxygen atoms in total. The van der Waals surface area contributed by atoms with Gasteiger partial charge in [-0.2, -0.15) is 11.3 Å². The highest BCUT2D eigenvalue weighted by molar-refractivity contribution is 7.08. The summed E-state index contributed by atoms with van der Waals surface area (Å²) in [5.41, 5.74) is 3.86. The second-order valence-corrected chi connectivity index (χ2v) is 5.50. The first-order chi connectivity index (χ1) is 10.3. The fourth-order valence-electron chi connectivity index (χ4n) is 2.41. The van der Waals surface area contributed by atoms with Gasteiger partial charge in [-0.1, -0.05) is 18.2 Å². The molecule has 4 rings (SSSR count). The van der Waals surface area contributed by atoms with Gasteiger partial charge >= 0.3 is 0 Å². The first-order valence-electron chi connectivity index (χ1n) is 6.52. The van der Waals surface area contributed by atoms with E-state index in [1.807, 2.05) is 47.3 Å². The van der Waals surface area contributed by atoms with Gasteiger partial charge in [0, 0.05) is 39.8 Å². The molecule has 0 saturated carbocycles. The third-order valence-corrected chi connectivity index (χ3v) is 4.13. The quantitative estimate of drug-likeness (QED) is 0.592. The van der Waals surface area contributed by atoms with Crippen LogP contribution in [0.1, 0.15) is 0 Å². The van der Waals surface area contributed by atoms with Crippen molar-refractivity contribution in [2.75, 3.05) is 0 Å². The summed E-state index contributed by atoms with van der Waals surface area (Å²) in [6, 6.07) is 9.87. The number of para-hydroxylation sites is 1. The van der Waals surface area contributed by atoms with Crippen molar-refractivity contribution in [1.82, 2.24) is 15.0 Å². The van der Waals surface area contributed by atoms with Crippen LogP contribution in [0.2, 0.25) is 0 Å². The highest BCUT2D eigenvalue weighted by Crippen LogP contribution is 2.26. The molecule has 0 aliphatic heterocycles. The number of hydrogen-bond acceptors (Lipinski definition) is 3. The second-order valence-electron chi connectivity index (χ2n) is 4.72. The maximum Gasteiger partial charge on any atom is 0.274 e. The van der Waals surface area contributed by atoms with Gasteiger partial charge in [-0.15, -0.1) is 0 Å². The number of hydrogen-bond donors (Lipinski definition) is 2. The maximum absolute atomic E-state index is 12.2. The van der Waals surface area contributed by atoms with Crippen molar-refractivity contribution < 1.29 is 0 Å². The number of rotatable bonds is 2. The Morgan fingerprint density at radius 3 is 2.81 bits per heavy atom. The van der Waals surface area contributed by atoms with Crippen LogP contribution in [0.3, 0.4) is 0 Å². The number of nitrogens with one attached hydrogen (secondary N) is 2. The van der Waals surface area contributed by atoms with E-state index < -0.39 is 0 Å². The summed E-state index contributed by atoms with van der Waals surface area (Å²) >= 11 is 1.61. The van der Waals surface area contributed by atoms with Crippen molar-refractivity contribution in [3.63, 3.8) is 0 Å². The molecule has 102 valence electrons. The molecule has 0 bridgehead atoms. The van der Waals surface area contributed by atoms with Crippen molar-refractivity contribution in [2.24, 2.45) is 0 Å². The molecule has 0 unspecified atom stereocenters. The van der Waals surface area contributed by atoms with Crippen molar-refractivity contribution >= 4 is 22.2 Å². The third kappa shape index (κ3) is 1.98. The maximum atomic E-state index is 12.2. The normalized spacial score (nSPS) is 11.0. The van der Waals surface area contributed by atoms with Crippen LogP contribution in [0.5, 0.6) is 0 Å². The second kappa shape index (κ2) is 4.71. The Morgan fingerprint density at radius 1 is 1.05 bits per heavy atom. The Bertz CT molecular complexity index is 967. The first kappa shape index (κ1) is 12.1. The van der Waals surface area contributed by atoms with Gasteiger partial charge in [0.25, 0.3) is 5.56 Å². The standard InChI is InChI=1S/C16H11N3OS/c20-16-15(12-7-17-13-4-2-1-3-11(12)13)19-14(8-18-16)10-5-6-21-9-10/h1-9,17H,(H,18,20). The monoisotopic (exact) mass is 293 g/mol. The number of H-pyrrole nitrogens is 2. The topological polar surface area (TPSA) is 61.5 Å². The number of benzene rings is 1. The molecule has 21 heavy (non-hydrogen) atoms. The van der Waals surface area contributed by atoms with E-state index in [1.54, 1.807) is 17.5 Å². The van der Waals surface area contributed by atoms with E-state index in [0.717, 1.165) is 27.7 Å². The minimum Gasteiger partial charge on any atom is -0.360 e. The van der Waals surface area contributed by atoms with Crippen LogP contribution in [0.15, 0.2) is 58.3 Å². The average molecular weight is 293 g/mol. The van der Waals surface area contributed by atoms with E-state index in [4.69, 9.17) is 0 Å². The summed E-state index contributed by atoms with van der Waals surface area (Å²) in [4.78, 5) is 22.7. The van der Waals surface area contributed by atoms with Crippen LogP contribution in [-0.2, 0) is 0 Å². The lowest BCUT2D eigenvalue weighted by atomic mass is 10.1. The lowest BCUT2D eigenvalue weighted by Gasteiger charge is -2.01. The predicted molar refractivity (Wildman–Crippen MR) is 85.5 cm³/mol. The van der Waals surface area contributed by atoms with Crippen LogP contribution < -0.4 is 5.56 Å². The fraction of sp³-hybridized carbons (Fsp3) is 0. The van der Waals surface area contributed by atoms with Gasteiger partial charge in [0.1, 0.15) is 5.69 Å². The molecule has 0 spiro atoms. The summed E-state index contributed by atoms with van der Waals surface area (Å²) in [6.07, 6.45) is 3.49. The zero-order chi connectivity index (χ0) is 14.2. The lowest BCUT2D eigenvalue weighted by molar-refractivity contribution is 1.15. The minimum absolute atomic E-state index is 0.182. The van der Waals surface area contributed by atoms with Crippen molar-refractivity contribution in [3.8, 4) is 22.5 Å². The van der Waals surface area contributed by atoms with Gasteiger partial charge in [0.05, 0.1) is 5.69 Å². The zero-order valence-corrected chi connectivity index (χ0v) is 11.8. The Labute approximate surface area is 124 Å². The van der Waals surface area contributed by atoms with E-state index in [0.29, 0.717) is 5.69 Å². The van der Waals surface area contributed by atoms with E-state index in [1.165, 1.54) is 0 Å². The zero-order valence-electron chi connectivity index (χ0n) is 11.0. The van der Waals surface area contributed by atoms with Crippen molar-refractivity contribution in [3.05, 3.63) is 63.8 Å². The Balaban J connectivity index is 1.96. The SMILES string of the molecule is O=c1[nH]cc(-c2ccsc2)nc1-c1c[nH]c2ccccc12. The molecule has 0 saturated heterocycles. The molecule has 0 fully saturated rings.